The lowest BCUT2D eigenvalue weighted by atomic mass is 10.4. The predicted molar refractivity (Wildman–Crippen MR) is 47.2 cm³/mol. The molecule has 14 heavy (non-hydrogen) atoms. The molecule has 0 aliphatic heterocycles. The number of rotatable bonds is 2. The van der Waals surface area contributed by atoms with Gasteiger partial charge in [-0.1, -0.05) is 0 Å². The number of hydrogen-bond donors (Lipinski definition) is 1. The van der Waals surface area contributed by atoms with Gasteiger partial charge >= 0.3 is 11.9 Å². The minimum absolute atomic E-state index is 0.312. The van der Waals surface area contributed by atoms with Crippen LogP contribution in [0.25, 0.3) is 0 Å². The third-order valence-electron chi connectivity index (χ3n) is 1.15. The number of ether oxygens (including phenoxy) is 2. The summed E-state index contributed by atoms with van der Waals surface area (Å²) in [6, 6.07) is 1.83. The van der Waals surface area contributed by atoms with Crippen LogP contribution in [0.15, 0.2) is 18.5 Å². The fourth-order valence-electron chi connectivity index (χ4n) is 0.477. The third kappa shape index (κ3) is 6.84. The van der Waals surface area contributed by atoms with Gasteiger partial charge in [0.1, 0.15) is 6.42 Å². The molecule has 0 radical (unpaired) electrons. The molecule has 0 aromatic carbocycles. The van der Waals surface area contributed by atoms with Crippen molar-refractivity contribution < 1.29 is 19.1 Å². The van der Waals surface area contributed by atoms with Gasteiger partial charge in [0.05, 0.1) is 14.2 Å². The van der Waals surface area contributed by atoms with E-state index in [-0.39, 0.29) is 6.42 Å². The zero-order valence-electron chi connectivity index (χ0n) is 8.02. The molecule has 0 spiro atoms. The normalized spacial score (nSPS) is 8.14. The quantitative estimate of drug-likeness (QED) is 0.542. The highest BCUT2D eigenvalue weighted by Gasteiger charge is 2.07. The molecule has 0 bridgehead atoms. The minimum Gasteiger partial charge on any atom is -0.469 e. The molecule has 0 amide bonds. The van der Waals surface area contributed by atoms with Crippen LogP contribution in [-0.2, 0) is 19.1 Å². The number of methoxy groups -OCH3 is 2. The molecular weight excluding hydrogens is 188 g/mol. The molecule has 1 rings (SSSR count). The van der Waals surface area contributed by atoms with Crippen LogP contribution in [0.5, 0.6) is 0 Å². The smallest absolute Gasteiger partial charge is 0.316 e. The molecule has 1 heterocycles. The number of aromatic nitrogens is 2. The molecule has 0 saturated heterocycles. The van der Waals surface area contributed by atoms with Gasteiger partial charge in [0, 0.05) is 12.4 Å². The Balaban J connectivity index is 0.000000280. The van der Waals surface area contributed by atoms with E-state index in [4.69, 9.17) is 0 Å². The maximum atomic E-state index is 10.3. The first-order chi connectivity index (χ1) is 6.70. The lowest BCUT2D eigenvalue weighted by molar-refractivity contribution is -0.151. The Morgan fingerprint density at radius 1 is 1.29 bits per heavy atom. The van der Waals surface area contributed by atoms with Crippen molar-refractivity contribution in [2.24, 2.45) is 0 Å². The molecule has 0 aliphatic rings. The van der Waals surface area contributed by atoms with E-state index >= 15 is 0 Å². The summed E-state index contributed by atoms with van der Waals surface area (Å²) in [4.78, 5) is 20.5. The Labute approximate surface area is 81.2 Å². The van der Waals surface area contributed by atoms with E-state index in [1.54, 1.807) is 12.4 Å². The van der Waals surface area contributed by atoms with E-state index in [1.165, 1.54) is 14.2 Å². The molecule has 6 nitrogen and oxygen atoms in total. The lowest BCUT2D eigenvalue weighted by Crippen LogP contribution is -2.09. The van der Waals surface area contributed by atoms with E-state index < -0.39 is 11.9 Å². The molecule has 0 aliphatic carbocycles. The summed E-state index contributed by atoms with van der Waals surface area (Å²) >= 11 is 0. The standard InChI is InChI=1S/C5H8O4.C3H4N2/c1-8-4(6)3-5(7)9-2;1-2-4-5-3-1/h3H2,1-2H3;1-3H,(H,4,5). The van der Waals surface area contributed by atoms with Crippen LogP contribution in [0, 0.1) is 0 Å². The van der Waals surface area contributed by atoms with Gasteiger partial charge in [-0.05, 0) is 6.07 Å². The maximum Gasteiger partial charge on any atom is 0.316 e. The number of aromatic amines is 1. The Bertz CT molecular complexity index is 227. The number of carbonyl (C=O) groups excluding carboxylic acids is 2. The van der Waals surface area contributed by atoms with E-state index in [0.717, 1.165) is 0 Å². The molecule has 1 aromatic heterocycles. The van der Waals surface area contributed by atoms with Crippen LogP contribution >= 0.6 is 0 Å². The first-order valence-corrected chi connectivity index (χ1v) is 3.78. The zero-order chi connectivity index (χ0) is 10.8. The molecule has 0 saturated carbocycles. The Morgan fingerprint density at radius 2 is 1.86 bits per heavy atom. The van der Waals surface area contributed by atoms with Crippen molar-refractivity contribution in [3.8, 4) is 0 Å². The molecule has 1 aromatic rings. The van der Waals surface area contributed by atoms with Crippen molar-refractivity contribution in [2.75, 3.05) is 14.2 Å². The average Bonchev–Trinajstić information content (AvgIpc) is 2.75. The maximum absolute atomic E-state index is 10.3. The predicted octanol–water partition coefficient (Wildman–Crippen LogP) is 0.132. The summed E-state index contributed by atoms with van der Waals surface area (Å²) in [6.07, 6.45) is 3.15. The Hall–Kier alpha value is -1.85. The van der Waals surface area contributed by atoms with Crippen LogP contribution in [0.2, 0.25) is 0 Å². The van der Waals surface area contributed by atoms with Gasteiger partial charge in [0.25, 0.3) is 0 Å². The molecule has 6 heteroatoms. The van der Waals surface area contributed by atoms with E-state index in [1.807, 2.05) is 6.07 Å². The topological polar surface area (TPSA) is 81.3 Å². The van der Waals surface area contributed by atoms with Gasteiger partial charge in [-0.2, -0.15) is 5.10 Å². The highest BCUT2D eigenvalue weighted by molar-refractivity contribution is 5.90. The second kappa shape index (κ2) is 7.78. The van der Waals surface area contributed by atoms with Crippen LogP contribution < -0.4 is 0 Å². The highest BCUT2D eigenvalue weighted by atomic mass is 16.5. The number of H-pyrrole nitrogens is 1. The fraction of sp³-hybridized carbons (Fsp3) is 0.375. The number of nitrogens with zero attached hydrogens (tertiary/aromatic N) is 1. The summed E-state index contributed by atoms with van der Waals surface area (Å²) in [6.45, 7) is 0. The third-order valence-corrected chi connectivity index (χ3v) is 1.15. The summed E-state index contributed by atoms with van der Waals surface area (Å²) < 4.78 is 8.37. The van der Waals surface area contributed by atoms with Crippen LogP contribution in [-0.4, -0.2) is 36.4 Å². The lowest BCUT2D eigenvalue weighted by Gasteiger charge is -1.95. The van der Waals surface area contributed by atoms with Gasteiger partial charge in [-0.25, -0.2) is 0 Å². The molecule has 0 atom stereocenters. The van der Waals surface area contributed by atoms with Gasteiger partial charge in [-0.3, -0.25) is 14.7 Å². The molecule has 78 valence electrons. The molecular formula is C8H12N2O4. The fourth-order valence-corrected chi connectivity index (χ4v) is 0.477. The Morgan fingerprint density at radius 3 is 2.07 bits per heavy atom. The van der Waals surface area contributed by atoms with Gasteiger partial charge in [0.15, 0.2) is 0 Å². The second-order valence-corrected chi connectivity index (χ2v) is 2.10. The summed E-state index contributed by atoms with van der Waals surface area (Å²) in [5.74, 6) is -1.16. The first kappa shape index (κ1) is 12.2. The van der Waals surface area contributed by atoms with Crippen molar-refractivity contribution >= 4 is 11.9 Å². The largest absolute Gasteiger partial charge is 0.469 e. The van der Waals surface area contributed by atoms with Crippen molar-refractivity contribution in [3.63, 3.8) is 0 Å². The highest BCUT2D eigenvalue weighted by Crippen LogP contribution is 1.85. The van der Waals surface area contributed by atoms with Gasteiger partial charge < -0.3 is 9.47 Å². The van der Waals surface area contributed by atoms with Crippen LogP contribution in [0.4, 0.5) is 0 Å². The number of hydrogen-bond acceptors (Lipinski definition) is 5. The minimum atomic E-state index is -0.582. The monoisotopic (exact) mass is 200 g/mol. The van der Waals surface area contributed by atoms with Crippen LogP contribution in [0.3, 0.4) is 0 Å². The summed E-state index contributed by atoms with van der Waals surface area (Å²) in [5.41, 5.74) is 0. The van der Waals surface area contributed by atoms with Gasteiger partial charge in [0.2, 0.25) is 0 Å². The molecule has 0 fully saturated rings. The number of carbonyl (C=O) groups is 2. The van der Waals surface area contributed by atoms with E-state index in [9.17, 15) is 9.59 Å². The Kier molecular flexibility index (Phi) is 6.75. The van der Waals surface area contributed by atoms with Crippen molar-refractivity contribution in [3.05, 3.63) is 18.5 Å². The van der Waals surface area contributed by atoms with E-state index in [2.05, 4.69) is 19.7 Å². The zero-order valence-corrected chi connectivity index (χ0v) is 8.02. The first-order valence-electron chi connectivity index (χ1n) is 3.78. The molecule has 1 N–H and O–H groups in total. The molecule has 0 unspecified atom stereocenters. The SMILES string of the molecule is COC(=O)CC(=O)OC.c1cn[nH]c1. The number of nitrogens with one attached hydrogen (secondary N) is 1. The second-order valence-electron chi connectivity index (χ2n) is 2.10. The van der Waals surface area contributed by atoms with Gasteiger partial charge in [-0.15, -0.1) is 0 Å². The average molecular weight is 200 g/mol. The summed E-state index contributed by atoms with van der Waals surface area (Å²) in [5, 5.41) is 6.21. The summed E-state index contributed by atoms with van der Waals surface area (Å²) in [7, 11) is 2.43. The van der Waals surface area contributed by atoms with Crippen molar-refractivity contribution in [2.45, 2.75) is 6.42 Å². The van der Waals surface area contributed by atoms with Crippen LogP contribution in [0.1, 0.15) is 6.42 Å². The van der Waals surface area contributed by atoms with E-state index in [0.29, 0.717) is 0 Å². The van der Waals surface area contributed by atoms with Crippen molar-refractivity contribution in [1.29, 1.82) is 0 Å². The van der Waals surface area contributed by atoms with Crippen molar-refractivity contribution in [1.82, 2.24) is 10.2 Å². The number of esters is 2.